The van der Waals surface area contributed by atoms with Crippen LogP contribution in [0.5, 0.6) is 0 Å². The van der Waals surface area contributed by atoms with Crippen molar-refractivity contribution in [1.82, 2.24) is 25.8 Å². The summed E-state index contributed by atoms with van der Waals surface area (Å²) >= 11 is 7.55. The first-order valence-electron chi connectivity index (χ1n) is 14.4. The summed E-state index contributed by atoms with van der Waals surface area (Å²) in [6.45, 7) is 18.1. The average molecular weight is 613 g/mol. The molecule has 2 atom stereocenters. The summed E-state index contributed by atoms with van der Waals surface area (Å²) in [5.74, 6) is -0.0187. The normalized spacial score (nSPS) is 13.3. The van der Waals surface area contributed by atoms with Crippen LogP contribution >= 0.6 is 22.9 Å². The van der Waals surface area contributed by atoms with Crippen molar-refractivity contribution in [1.29, 1.82) is 0 Å². The highest BCUT2D eigenvalue weighted by molar-refractivity contribution is 7.18. The van der Waals surface area contributed by atoms with E-state index in [1.54, 1.807) is 11.3 Å². The zero-order chi connectivity index (χ0) is 31.6. The first-order chi connectivity index (χ1) is 19.7. The molecule has 2 aromatic rings. The van der Waals surface area contributed by atoms with Crippen LogP contribution < -0.4 is 21.7 Å². The lowest BCUT2D eigenvalue weighted by molar-refractivity contribution is -0.122. The van der Waals surface area contributed by atoms with Crippen LogP contribution in [0.15, 0.2) is 30.9 Å². The van der Waals surface area contributed by atoms with Gasteiger partial charge in [-0.3, -0.25) is 14.4 Å². The van der Waals surface area contributed by atoms with Crippen LogP contribution in [-0.2, 0) is 20.8 Å². The van der Waals surface area contributed by atoms with Crippen molar-refractivity contribution in [2.24, 2.45) is 11.7 Å². The Morgan fingerprint density at radius 2 is 1.80 bits per heavy atom. The SMILES string of the molecule is C=CC(=O)NCC(NC(=O)CCc1nc2ccc(Cl)cc2s1)C(C)CC.CC.CCN1CCCC1.CNC.NC=O. The minimum absolute atomic E-state index is 0.0413. The number of nitrogens with one attached hydrogen (secondary N) is 3. The molecule has 5 N–H and O–H groups in total. The van der Waals surface area contributed by atoms with Gasteiger partial charge in [0.15, 0.2) is 0 Å². The highest BCUT2D eigenvalue weighted by atomic mass is 35.5. The molecular formula is C30H53ClN6O3S. The van der Waals surface area contributed by atoms with Crippen molar-refractivity contribution in [2.75, 3.05) is 40.3 Å². The van der Waals surface area contributed by atoms with Gasteiger partial charge in [0, 0.05) is 30.5 Å². The number of aromatic nitrogens is 1. The van der Waals surface area contributed by atoms with Crippen LogP contribution in [-0.4, -0.2) is 74.4 Å². The Morgan fingerprint density at radius 1 is 1.22 bits per heavy atom. The number of likely N-dealkylation sites (tertiary alicyclic amines) is 1. The Morgan fingerprint density at radius 3 is 2.29 bits per heavy atom. The van der Waals surface area contributed by atoms with Crippen LogP contribution in [0.3, 0.4) is 0 Å². The molecule has 0 spiro atoms. The van der Waals surface area contributed by atoms with Crippen molar-refractivity contribution in [3.8, 4) is 0 Å². The van der Waals surface area contributed by atoms with E-state index < -0.39 is 0 Å². The molecule has 0 bridgehead atoms. The lowest BCUT2D eigenvalue weighted by Crippen LogP contribution is -2.47. The van der Waals surface area contributed by atoms with E-state index in [1.807, 2.05) is 46.1 Å². The molecule has 0 radical (unpaired) electrons. The molecule has 9 nitrogen and oxygen atoms in total. The van der Waals surface area contributed by atoms with E-state index in [9.17, 15) is 9.59 Å². The lowest BCUT2D eigenvalue weighted by atomic mass is 9.98. The Bertz CT molecular complexity index is 982. The number of aryl methyl sites for hydroxylation is 1. The van der Waals surface area contributed by atoms with Crippen LogP contribution in [0.25, 0.3) is 10.2 Å². The largest absolute Gasteiger partial charge is 0.372 e. The molecule has 1 aromatic heterocycles. The molecule has 0 saturated carbocycles. The van der Waals surface area contributed by atoms with Gasteiger partial charge in [0.25, 0.3) is 0 Å². The summed E-state index contributed by atoms with van der Waals surface area (Å²) in [5, 5.41) is 10.1. The molecule has 2 heterocycles. The van der Waals surface area contributed by atoms with Gasteiger partial charge in [-0.2, -0.15) is 0 Å². The van der Waals surface area contributed by atoms with Crippen molar-refractivity contribution in [3.05, 3.63) is 40.9 Å². The summed E-state index contributed by atoms with van der Waals surface area (Å²) in [4.78, 5) is 39.3. The second-order valence-electron chi connectivity index (χ2n) is 9.01. The Labute approximate surface area is 256 Å². The summed E-state index contributed by atoms with van der Waals surface area (Å²) in [7, 11) is 3.75. The molecule has 1 aromatic carbocycles. The van der Waals surface area contributed by atoms with Crippen LogP contribution in [0, 0.1) is 5.92 Å². The summed E-state index contributed by atoms with van der Waals surface area (Å²) in [6, 6.07) is 5.48. The third kappa shape index (κ3) is 19.3. The number of thiazole rings is 1. The molecule has 3 amide bonds. The number of benzene rings is 1. The average Bonchev–Trinajstić information content (AvgIpc) is 3.65. The maximum absolute atomic E-state index is 12.3. The van der Waals surface area contributed by atoms with Gasteiger partial charge in [0.2, 0.25) is 18.2 Å². The number of rotatable bonds is 10. The summed E-state index contributed by atoms with van der Waals surface area (Å²) < 4.78 is 1.03. The van der Waals surface area contributed by atoms with Crippen molar-refractivity contribution < 1.29 is 14.4 Å². The first kappa shape index (κ1) is 40.6. The van der Waals surface area contributed by atoms with E-state index in [0.29, 0.717) is 24.4 Å². The maximum atomic E-state index is 12.3. The topological polar surface area (TPSA) is 129 Å². The molecular weight excluding hydrogens is 560 g/mol. The fraction of sp³-hybridized carbons (Fsp3) is 0.600. The summed E-state index contributed by atoms with van der Waals surface area (Å²) in [5.41, 5.74) is 5.07. The molecule has 3 rings (SSSR count). The van der Waals surface area contributed by atoms with Gasteiger partial charge < -0.3 is 26.6 Å². The number of carbonyl (C=O) groups excluding carboxylic acids is 3. The van der Waals surface area contributed by atoms with E-state index in [2.05, 4.69) is 58.9 Å². The monoisotopic (exact) mass is 612 g/mol. The highest BCUT2D eigenvalue weighted by Gasteiger charge is 2.19. The van der Waals surface area contributed by atoms with Gasteiger partial charge in [-0.05, 0) is 76.8 Å². The maximum Gasteiger partial charge on any atom is 0.243 e. The zero-order valence-electron chi connectivity index (χ0n) is 26.1. The fourth-order valence-electron chi connectivity index (χ4n) is 3.61. The van der Waals surface area contributed by atoms with Crippen LogP contribution in [0.4, 0.5) is 0 Å². The number of hydrogen-bond acceptors (Lipinski definition) is 7. The van der Waals surface area contributed by atoms with E-state index >= 15 is 0 Å². The predicted molar refractivity (Wildman–Crippen MR) is 175 cm³/mol. The van der Waals surface area contributed by atoms with Crippen molar-refractivity contribution in [2.45, 2.75) is 72.8 Å². The van der Waals surface area contributed by atoms with Crippen LogP contribution in [0.2, 0.25) is 5.02 Å². The van der Waals surface area contributed by atoms with Crippen LogP contribution in [0.1, 0.15) is 65.3 Å². The molecule has 1 aliphatic rings. The molecule has 11 heteroatoms. The number of halogens is 1. The fourth-order valence-corrected chi connectivity index (χ4v) is 4.86. The number of fused-ring (bicyclic) bond motifs is 1. The van der Waals surface area contributed by atoms with Gasteiger partial charge in [0.05, 0.1) is 15.2 Å². The van der Waals surface area contributed by atoms with Crippen molar-refractivity contribution in [3.63, 3.8) is 0 Å². The first-order valence-corrected chi connectivity index (χ1v) is 15.6. The third-order valence-electron chi connectivity index (χ3n) is 5.97. The lowest BCUT2D eigenvalue weighted by Gasteiger charge is -2.24. The number of nitrogens with two attached hydrogens (primary N) is 1. The number of nitrogens with zero attached hydrogens (tertiary/aromatic N) is 2. The molecule has 1 saturated heterocycles. The molecule has 1 fully saturated rings. The molecule has 2 unspecified atom stereocenters. The Balaban J connectivity index is 0. The quantitative estimate of drug-likeness (QED) is 0.226. The van der Waals surface area contributed by atoms with Gasteiger partial charge in [-0.1, -0.05) is 59.2 Å². The number of primary amides is 1. The minimum Gasteiger partial charge on any atom is -0.372 e. The van der Waals surface area contributed by atoms with E-state index in [1.165, 1.54) is 38.6 Å². The Kier molecular flexibility index (Phi) is 26.1. The van der Waals surface area contributed by atoms with Gasteiger partial charge in [-0.15, -0.1) is 11.3 Å². The summed E-state index contributed by atoms with van der Waals surface area (Å²) in [6.07, 6.45) is 6.18. The molecule has 0 aliphatic carbocycles. The standard InChI is InChI=1S/C19H24ClN3O2S.C6H13N.C2H7N.C2H6.CH3NO/c1-4-12(3)15(11-21-17(24)5-2)22-18(25)8-9-19-23-14-7-6-13(20)10-16(14)26-19;1-2-7-5-3-4-6-7;1-3-2;1-2;2-1-3/h5-7,10,12,15H,2,4,8-9,11H2,1,3H3,(H,21,24)(H,22,25);2-6H2,1H3;3H,1-2H3;1-2H3;1H,(H2,2,3). The molecule has 41 heavy (non-hydrogen) atoms. The van der Waals surface area contributed by atoms with Gasteiger partial charge in [0.1, 0.15) is 0 Å². The molecule has 234 valence electrons. The van der Waals surface area contributed by atoms with Crippen molar-refractivity contribution >= 4 is 51.4 Å². The highest BCUT2D eigenvalue weighted by Crippen LogP contribution is 2.26. The number of hydrogen-bond donors (Lipinski definition) is 4. The second kappa shape index (κ2) is 26.4. The Hall–Kier alpha value is -2.53. The minimum atomic E-state index is -0.235. The van der Waals surface area contributed by atoms with Gasteiger partial charge in [-0.25, -0.2) is 4.98 Å². The smallest absolute Gasteiger partial charge is 0.243 e. The third-order valence-corrected chi connectivity index (χ3v) is 7.28. The van der Waals surface area contributed by atoms with Gasteiger partial charge >= 0.3 is 0 Å². The number of carbonyl (C=O) groups is 3. The number of amides is 3. The predicted octanol–water partition coefficient (Wildman–Crippen LogP) is 4.78. The van der Waals surface area contributed by atoms with E-state index in [4.69, 9.17) is 16.4 Å². The molecule has 1 aliphatic heterocycles. The zero-order valence-corrected chi connectivity index (χ0v) is 27.7. The van der Waals surface area contributed by atoms with E-state index in [0.717, 1.165) is 21.6 Å². The second-order valence-corrected chi connectivity index (χ2v) is 10.6. The van der Waals surface area contributed by atoms with E-state index in [-0.39, 0.29) is 30.2 Å².